The highest BCUT2D eigenvalue weighted by molar-refractivity contribution is 5.22. The van der Waals surface area contributed by atoms with Crippen LogP contribution in [-0.4, -0.2) is 10.1 Å². The molecule has 0 bridgehead atoms. The molecule has 1 atom stereocenters. The van der Waals surface area contributed by atoms with Crippen molar-refractivity contribution in [3.63, 3.8) is 0 Å². The van der Waals surface area contributed by atoms with Crippen LogP contribution in [0, 0.1) is 5.82 Å². The second-order valence-electron chi connectivity index (χ2n) is 6.00. The Bertz CT molecular complexity index is 619. The molecular weight excluding hydrogens is 269 g/mol. The zero-order valence-corrected chi connectivity index (χ0v) is 12.2. The Morgan fingerprint density at radius 1 is 1.33 bits per heavy atom. The van der Waals surface area contributed by atoms with Crippen LogP contribution in [0.5, 0.6) is 0 Å². The molecule has 112 valence electrons. The van der Waals surface area contributed by atoms with Crippen molar-refractivity contribution in [3.8, 4) is 0 Å². The summed E-state index contributed by atoms with van der Waals surface area (Å²) in [6, 6.07) is 6.79. The van der Waals surface area contributed by atoms with Gasteiger partial charge in [0.25, 0.3) is 0 Å². The summed E-state index contributed by atoms with van der Waals surface area (Å²) in [7, 11) is 0. The molecular formula is C16H20FN3O. The molecule has 1 saturated carbocycles. The fraction of sp³-hybridized carbons (Fsp3) is 0.500. The summed E-state index contributed by atoms with van der Waals surface area (Å²) in [4.78, 5) is 4.43. The van der Waals surface area contributed by atoms with Gasteiger partial charge in [-0.25, -0.2) is 4.39 Å². The van der Waals surface area contributed by atoms with Crippen LogP contribution in [0.15, 0.2) is 28.8 Å². The number of rotatable bonds is 4. The predicted octanol–water partition coefficient (Wildman–Crippen LogP) is 3.28. The molecule has 2 N–H and O–H groups in total. The van der Waals surface area contributed by atoms with Gasteiger partial charge in [-0.05, 0) is 30.4 Å². The van der Waals surface area contributed by atoms with E-state index in [4.69, 9.17) is 10.3 Å². The third kappa shape index (κ3) is 2.83. The van der Waals surface area contributed by atoms with E-state index >= 15 is 0 Å². The molecule has 1 fully saturated rings. The minimum atomic E-state index is -0.441. The predicted molar refractivity (Wildman–Crippen MR) is 77.2 cm³/mol. The molecule has 21 heavy (non-hydrogen) atoms. The Morgan fingerprint density at radius 2 is 2.05 bits per heavy atom. The highest BCUT2D eigenvalue weighted by Crippen LogP contribution is 2.34. The normalized spacial score (nSPS) is 18.8. The zero-order valence-electron chi connectivity index (χ0n) is 12.2. The molecule has 1 unspecified atom stereocenters. The largest absolute Gasteiger partial charge is 0.339 e. The molecule has 1 aliphatic rings. The second kappa shape index (κ2) is 5.56. The second-order valence-corrected chi connectivity index (χ2v) is 6.00. The summed E-state index contributed by atoms with van der Waals surface area (Å²) in [6.07, 6.45) is 4.52. The van der Waals surface area contributed by atoms with E-state index < -0.39 is 5.54 Å². The Kier molecular flexibility index (Phi) is 3.76. The maximum absolute atomic E-state index is 13.8. The molecule has 1 aliphatic carbocycles. The topological polar surface area (TPSA) is 64.9 Å². The van der Waals surface area contributed by atoms with Gasteiger partial charge in [0.15, 0.2) is 5.82 Å². The van der Waals surface area contributed by atoms with Crippen molar-refractivity contribution in [1.82, 2.24) is 10.1 Å². The van der Waals surface area contributed by atoms with Crippen LogP contribution in [-0.2, 0) is 12.0 Å². The van der Waals surface area contributed by atoms with Crippen molar-refractivity contribution in [1.29, 1.82) is 0 Å². The van der Waals surface area contributed by atoms with Crippen molar-refractivity contribution < 1.29 is 8.91 Å². The Balaban J connectivity index is 1.74. The lowest BCUT2D eigenvalue weighted by atomic mass is 9.97. The Morgan fingerprint density at radius 3 is 2.76 bits per heavy atom. The van der Waals surface area contributed by atoms with Gasteiger partial charge in [-0.3, -0.25) is 0 Å². The molecule has 2 aromatic rings. The molecule has 4 nitrogen and oxygen atoms in total. The third-order valence-corrected chi connectivity index (χ3v) is 4.33. The molecule has 1 aromatic heterocycles. The van der Waals surface area contributed by atoms with E-state index in [9.17, 15) is 4.39 Å². The van der Waals surface area contributed by atoms with E-state index in [-0.39, 0.29) is 11.7 Å². The molecule has 3 rings (SSSR count). The van der Waals surface area contributed by atoms with Gasteiger partial charge in [-0.2, -0.15) is 4.98 Å². The van der Waals surface area contributed by atoms with Gasteiger partial charge in [0.2, 0.25) is 5.89 Å². The van der Waals surface area contributed by atoms with E-state index in [0.29, 0.717) is 23.7 Å². The van der Waals surface area contributed by atoms with Crippen LogP contribution >= 0.6 is 0 Å². The summed E-state index contributed by atoms with van der Waals surface area (Å²) in [5.41, 5.74) is 6.54. The molecule has 0 radical (unpaired) electrons. The number of halogens is 1. The van der Waals surface area contributed by atoms with Crippen molar-refractivity contribution in [2.45, 2.75) is 50.5 Å². The summed E-state index contributed by atoms with van der Waals surface area (Å²) >= 11 is 0. The summed E-state index contributed by atoms with van der Waals surface area (Å²) < 4.78 is 19.1. The van der Waals surface area contributed by atoms with Crippen LogP contribution in [0.4, 0.5) is 4.39 Å². The van der Waals surface area contributed by atoms with Gasteiger partial charge in [0.05, 0.1) is 5.54 Å². The lowest BCUT2D eigenvalue weighted by molar-refractivity contribution is 0.344. The molecule has 1 aromatic carbocycles. The van der Waals surface area contributed by atoms with Gasteiger partial charge in [0.1, 0.15) is 5.82 Å². The van der Waals surface area contributed by atoms with E-state index in [1.165, 1.54) is 6.07 Å². The highest BCUT2D eigenvalue weighted by Gasteiger charge is 2.36. The lowest BCUT2D eigenvalue weighted by Gasteiger charge is -2.17. The summed E-state index contributed by atoms with van der Waals surface area (Å²) in [6.45, 7) is 1.95. The fourth-order valence-electron chi connectivity index (χ4n) is 3.02. The molecule has 5 heteroatoms. The van der Waals surface area contributed by atoms with E-state index in [1.54, 1.807) is 12.1 Å². The number of hydrogen-bond acceptors (Lipinski definition) is 4. The minimum Gasteiger partial charge on any atom is -0.339 e. The molecule has 0 amide bonds. The van der Waals surface area contributed by atoms with Crippen LogP contribution in [0.3, 0.4) is 0 Å². The van der Waals surface area contributed by atoms with E-state index in [2.05, 4.69) is 10.1 Å². The quantitative estimate of drug-likeness (QED) is 0.938. The van der Waals surface area contributed by atoms with Crippen LogP contribution in [0.25, 0.3) is 0 Å². The van der Waals surface area contributed by atoms with E-state index in [0.717, 1.165) is 25.7 Å². The summed E-state index contributed by atoms with van der Waals surface area (Å²) in [5.74, 6) is 0.904. The van der Waals surface area contributed by atoms with Gasteiger partial charge in [-0.1, -0.05) is 43.1 Å². The number of nitrogens with zero attached hydrogens (tertiary/aromatic N) is 2. The fourth-order valence-corrected chi connectivity index (χ4v) is 3.02. The smallest absolute Gasteiger partial charge is 0.227 e. The zero-order chi connectivity index (χ0) is 14.9. The third-order valence-electron chi connectivity index (χ3n) is 4.33. The SMILES string of the molecule is CC(Cc1nc(C2(N)CCCC2)no1)c1ccccc1F. The maximum Gasteiger partial charge on any atom is 0.227 e. The Hall–Kier alpha value is -1.75. The average molecular weight is 289 g/mol. The molecule has 0 aliphatic heterocycles. The van der Waals surface area contributed by atoms with Gasteiger partial charge < -0.3 is 10.3 Å². The van der Waals surface area contributed by atoms with Gasteiger partial charge >= 0.3 is 0 Å². The van der Waals surface area contributed by atoms with Crippen molar-refractivity contribution >= 4 is 0 Å². The number of nitrogens with two attached hydrogens (primary N) is 1. The standard InChI is InChI=1S/C16H20FN3O/c1-11(12-6-2-3-7-13(12)17)10-14-19-15(20-21-14)16(18)8-4-5-9-16/h2-3,6-7,11H,4-5,8-10,18H2,1H3. The molecule has 1 heterocycles. The first-order chi connectivity index (χ1) is 10.1. The van der Waals surface area contributed by atoms with Gasteiger partial charge in [0, 0.05) is 6.42 Å². The lowest BCUT2D eigenvalue weighted by Crippen LogP contribution is -2.34. The van der Waals surface area contributed by atoms with Crippen molar-refractivity contribution in [2.24, 2.45) is 5.73 Å². The van der Waals surface area contributed by atoms with Crippen LogP contribution in [0.1, 0.15) is 55.8 Å². The first-order valence-corrected chi connectivity index (χ1v) is 7.45. The highest BCUT2D eigenvalue weighted by atomic mass is 19.1. The first kappa shape index (κ1) is 14.2. The van der Waals surface area contributed by atoms with Crippen molar-refractivity contribution in [2.75, 3.05) is 0 Å². The number of hydrogen-bond donors (Lipinski definition) is 1. The average Bonchev–Trinajstić information content (AvgIpc) is 3.09. The van der Waals surface area contributed by atoms with Crippen LogP contribution < -0.4 is 5.73 Å². The minimum absolute atomic E-state index is 0.0168. The molecule has 0 spiro atoms. The number of benzene rings is 1. The number of aromatic nitrogens is 2. The van der Waals surface area contributed by atoms with Crippen molar-refractivity contribution in [3.05, 3.63) is 47.4 Å². The summed E-state index contributed by atoms with van der Waals surface area (Å²) in [5, 5.41) is 4.03. The van der Waals surface area contributed by atoms with Crippen LogP contribution in [0.2, 0.25) is 0 Å². The first-order valence-electron chi connectivity index (χ1n) is 7.45. The van der Waals surface area contributed by atoms with E-state index in [1.807, 2.05) is 13.0 Å². The Labute approximate surface area is 123 Å². The monoisotopic (exact) mass is 289 g/mol. The van der Waals surface area contributed by atoms with Gasteiger partial charge in [-0.15, -0.1) is 0 Å². The molecule has 0 saturated heterocycles. The maximum atomic E-state index is 13.8.